The number of oxime groups is 1. The number of ether oxygens (including phenoxy) is 3. The predicted octanol–water partition coefficient (Wildman–Crippen LogP) is 2.19. The SMILES string of the molecule is COc1ccc(C(=O)O/N=C(\N)c2ccccc2)c(OC)c1OC. The molecule has 24 heavy (non-hydrogen) atoms. The van der Waals surface area contributed by atoms with Crippen LogP contribution in [-0.2, 0) is 4.84 Å². The molecular formula is C17H18N2O5. The zero-order chi connectivity index (χ0) is 17.5. The number of benzene rings is 2. The molecule has 0 fully saturated rings. The third-order valence-corrected chi connectivity index (χ3v) is 3.22. The number of carbonyl (C=O) groups excluding carboxylic acids is 1. The first kappa shape index (κ1) is 17.1. The molecule has 0 heterocycles. The molecule has 2 aromatic carbocycles. The van der Waals surface area contributed by atoms with Gasteiger partial charge < -0.3 is 24.8 Å². The Kier molecular flexibility index (Phi) is 5.62. The molecule has 0 aliphatic heterocycles. The fourth-order valence-corrected chi connectivity index (χ4v) is 2.06. The topological polar surface area (TPSA) is 92.4 Å². The quantitative estimate of drug-likeness (QED) is 0.378. The molecular weight excluding hydrogens is 312 g/mol. The Hall–Kier alpha value is -3.22. The van der Waals surface area contributed by atoms with E-state index in [9.17, 15) is 4.79 Å². The maximum absolute atomic E-state index is 12.3. The first-order valence-corrected chi connectivity index (χ1v) is 7.01. The Balaban J connectivity index is 2.27. The zero-order valence-corrected chi connectivity index (χ0v) is 13.6. The van der Waals surface area contributed by atoms with E-state index in [2.05, 4.69) is 5.16 Å². The molecule has 0 bridgehead atoms. The van der Waals surface area contributed by atoms with E-state index in [1.54, 1.807) is 30.3 Å². The highest BCUT2D eigenvalue weighted by molar-refractivity contribution is 5.98. The number of hydrogen-bond donors (Lipinski definition) is 1. The van der Waals surface area contributed by atoms with Gasteiger partial charge >= 0.3 is 5.97 Å². The molecule has 2 rings (SSSR count). The van der Waals surface area contributed by atoms with Gasteiger partial charge in [-0.2, -0.15) is 0 Å². The Bertz CT molecular complexity index is 744. The molecule has 0 unspecified atom stereocenters. The summed E-state index contributed by atoms with van der Waals surface area (Å²) >= 11 is 0. The van der Waals surface area contributed by atoms with Crippen LogP contribution < -0.4 is 19.9 Å². The van der Waals surface area contributed by atoms with Gasteiger partial charge in [-0.1, -0.05) is 35.5 Å². The summed E-state index contributed by atoms with van der Waals surface area (Å²) in [4.78, 5) is 17.2. The number of nitrogens with two attached hydrogens (primary N) is 1. The van der Waals surface area contributed by atoms with Crippen molar-refractivity contribution in [3.63, 3.8) is 0 Å². The van der Waals surface area contributed by atoms with Crippen LogP contribution in [-0.4, -0.2) is 33.1 Å². The second-order valence-electron chi connectivity index (χ2n) is 4.60. The fourth-order valence-electron chi connectivity index (χ4n) is 2.06. The van der Waals surface area contributed by atoms with Crippen molar-refractivity contribution in [2.45, 2.75) is 0 Å². The summed E-state index contributed by atoms with van der Waals surface area (Å²) in [5, 5.41) is 3.66. The molecule has 0 aliphatic carbocycles. The van der Waals surface area contributed by atoms with Crippen molar-refractivity contribution in [2.24, 2.45) is 10.9 Å². The van der Waals surface area contributed by atoms with E-state index in [1.165, 1.54) is 27.4 Å². The standard InChI is InChI=1S/C17H18N2O5/c1-21-13-10-9-12(14(22-2)15(13)23-3)17(20)24-19-16(18)11-7-5-4-6-8-11/h4-10H,1-3H3,(H2,18,19). The minimum atomic E-state index is -0.730. The number of nitrogens with zero attached hydrogens (tertiary/aromatic N) is 1. The van der Waals surface area contributed by atoms with Crippen molar-refractivity contribution in [3.8, 4) is 17.2 Å². The number of amidine groups is 1. The summed E-state index contributed by atoms with van der Waals surface area (Å²) in [5.41, 5.74) is 6.57. The van der Waals surface area contributed by atoms with E-state index < -0.39 is 5.97 Å². The predicted molar refractivity (Wildman–Crippen MR) is 88.7 cm³/mol. The van der Waals surface area contributed by atoms with Crippen LogP contribution in [0.1, 0.15) is 15.9 Å². The number of methoxy groups -OCH3 is 3. The highest BCUT2D eigenvalue weighted by Crippen LogP contribution is 2.39. The van der Waals surface area contributed by atoms with Crippen molar-refractivity contribution in [1.82, 2.24) is 0 Å². The maximum atomic E-state index is 12.3. The summed E-state index contributed by atoms with van der Waals surface area (Å²) < 4.78 is 15.6. The van der Waals surface area contributed by atoms with Crippen LogP contribution >= 0.6 is 0 Å². The molecule has 0 aliphatic rings. The van der Waals surface area contributed by atoms with Gasteiger partial charge in [0, 0.05) is 5.56 Å². The van der Waals surface area contributed by atoms with Crippen LogP contribution in [0.25, 0.3) is 0 Å². The third kappa shape index (κ3) is 3.57. The summed E-state index contributed by atoms with van der Waals surface area (Å²) in [7, 11) is 4.34. The lowest BCUT2D eigenvalue weighted by atomic mass is 10.1. The molecule has 0 saturated heterocycles. The lowest BCUT2D eigenvalue weighted by Crippen LogP contribution is -2.15. The zero-order valence-electron chi connectivity index (χ0n) is 13.6. The van der Waals surface area contributed by atoms with Crippen molar-refractivity contribution < 1.29 is 23.8 Å². The summed E-state index contributed by atoms with van der Waals surface area (Å²) in [6, 6.07) is 12.0. The minimum absolute atomic E-state index is 0.0865. The monoisotopic (exact) mass is 330 g/mol. The van der Waals surface area contributed by atoms with Crippen molar-refractivity contribution in [3.05, 3.63) is 53.6 Å². The van der Waals surface area contributed by atoms with E-state index in [1.807, 2.05) is 6.07 Å². The van der Waals surface area contributed by atoms with E-state index >= 15 is 0 Å². The number of rotatable bonds is 6. The molecule has 126 valence electrons. The first-order valence-electron chi connectivity index (χ1n) is 7.01. The molecule has 7 heteroatoms. The Morgan fingerprint density at radius 3 is 2.17 bits per heavy atom. The summed E-state index contributed by atoms with van der Waals surface area (Å²) in [6.45, 7) is 0. The number of hydrogen-bond acceptors (Lipinski definition) is 6. The lowest BCUT2D eigenvalue weighted by molar-refractivity contribution is 0.0511. The van der Waals surface area contributed by atoms with Crippen molar-refractivity contribution >= 4 is 11.8 Å². The average Bonchev–Trinajstić information content (AvgIpc) is 2.64. The largest absolute Gasteiger partial charge is 0.493 e. The van der Waals surface area contributed by atoms with Gasteiger partial charge in [0.25, 0.3) is 0 Å². The van der Waals surface area contributed by atoms with Crippen LogP contribution in [0.5, 0.6) is 17.2 Å². The van der Waals surface area contributed by atoms with E-state index in [0.29, 0.717) is 11.3 Å². The van der Waals surface area contributed by atoms with Gasteiger partial charge in [0.05, 0.1) is 21.3 Å². The molecule has 0 spiro atoms. The molecule has 0 radical (unpaired) electrons. The molecule has 0 saturated carbocycles. The van der Waals surface area contributed by atoms with Gasteiger partial charge in [-0.25, -0.2) is 4.79 Å². The third-order valence-electron chi connectivity index (χ3n) is 3.22. The van der Waals surface area contributed by atoms with Crippen LogP contribution in [0.3, 0.4) is 0 Å². The van der Waals surface area contributed by atoms with Crippen molar-refractivity contribution in [2.75, 3.05) is 21.3 Å². The molecule has 0 atom stereocenters. The summed E-state index contributed by atoms with van der Waals surface area (Å²) in [6.07, 6.45) is 0. The number of carbonyl (C=O) groups is 1. The van der Waals surface area contributed by atoms with Crippen LogP contribution in [0, 0.1) is 0 Å². The van der Waals surface area contributed by atoms with Gasteiger partial charge in [0.1, 0.15) is 5.56 Å². The van der Waals surface area contributed by atoms with Gasteiger partial charge in [-0.05, 0) is 12.1 Å². The van der Waals surface area contributed by atoms with E-state index in [-0.39, 0.29) is 22.9 Å². The molecule has 2 aromatic rings. The molecule has 0 amide bonds. The molecule has 0 aromatic heterocycles. The maximum Gasteiger partial charge on any atom is 0.369 e. The van der Waals surface area contributed by atoms with Gasteiger partial charge in [-0.15, -0.1) is 0 Å². The average molecular weight is 330 g/mol. The first-order chi connectivity index (χ1) is 11.6. The van der Waals surface area contributed by atoms with Gasteiger partial charge in [0.2, 0.25) is 5.75 Å². The normalized spacial score (nSPS) is 10.9. The van der Waals surface area contributed by atoms with Crippen LogP contribution in [0.2, 0.25) is 0 Å². The second-order valence-corrected chi connectivity index (χ2v) is 4.60. The highest BCUT2D eigenvalue weighted by Gasteiger charge is 2.22. The second kappa shape index (κ2) is 7.87. The lowest BCUT2D eigenvalue weighted by Gasteiger charge is -2.14. The minimum Gasteiger partial charge on any atom is -0.493 e. The van der Waals surface area contributed by atoms with E-state index in [0.717, 1.165) is 0 Å². The smallest absolute Gasteiger partial charge is 0.369 e. The Morgan fingerprint density at radius 1 is 0.917 bits per heavy atom. The van der Waals surface area contributed by atoms with Crippen LogP contribution in [0.4, 0.5) is 0 Å². The Morgan fingerprint density at radius 2 is 1.58 bits per heavy atom. The van der Waals surface area contributed by atoms with E-state index in [4.69, 9.17) is 24.8 Å². The Labute approximate surface area is 139 Å². The van der Waals surface area contributed by atoms with Crippen LogP contribution in [0.15, 0.2) is 47.6 Å². The van der Waals surface area contributed by atoms with Crippen molar-refractivity contribution in [1.29, 1.82) is 0 Å². The fraction of sp³-hybridized carbons (Fsp3) is 0.176. The highest BCUT2D eigenvalue weighted by atomic mass is 16.7. The van der Waals surface area contributed by atoms with Gasteiger partial charge in [-0.3, -0.25) is 0 Å². The molecule has 7 nitrogen and oxygen atoms in total. The summed E-state index contributed by atoms with van der Waals surface area (Å²) in [5.74, 6) is 0.262. The molecule has 2 N–H and O–H groups in total. The van der Waals surface area contributed by atoms with Gasteiger partial charge in [0.15, 0.2) is 17.3 Å².